The summed E-state index contributed by atoms with van der Waals surface area (Å²) in [6.07, 6.45) is -0.148. The molecule has 1 saturated heterocycles. The maximum absolute atomic E-state index is 12.8. The van der Waals surface area contributed by atoms with Crippen LogP contribution >= 0.6 is 0 Å². The second-order valence-corrected chi connectivity index (χ2v) is 6.48. The molecule has 2 atom stereocenters. The van der Waals surface area contributed by atoms with E-state index in [-0.39, 0.29) is 17.9 Å². The third kappa shape index (κ3) is 4.65. The molecule has 0 saturated carbocycles. The van der Waals surface area contributed by atoms with Crippen LogP contribution in [-0.4, -0.2) is 49.6 Å². The first kappa shape index (κ1) is 18.9. The van der Waals surface area contributed by atoms with Gasteiger partial charge in [0.15, 0.2) is 0 Å². The van der Waals surface area contributed by atoms with Crippen molar-refractivity contribution < 1.29 is 19.1 Å². The number of carbonyl (C=O) groups excluding carboxylic acids is 2. The first-order chi connectivity index (χ1) is 13.1. The van der Waals surface area contributed by atoms with Crippen molar-refractivity contribution in [3.8, 4) is 5.75 Å². The number of nitrogens with one attached hydrogen (secondary N) is 1. The van der Waals surface area contributed by atoms with Gasteiger partial charge in [-0.1, -0.05) is 36.4 Å². The molecule has 0 spiro atoms. The number of hydrogen-bond donors (Lipinski definition) is 1. The van der Waals surface area contributed by atoms with Crippen LogP contribution in [0.2, 0.25) is 0 Å². The Morgan fingerprint density at radius 2 is 1.96 bits per heavy atom. The van der Waals surface area contributed by atoms with Crippen molar-refractivity contribution >= 4 is 11.8 Å². The summed E-state index contributed by atoms with van der Waals surface area (Å²) in [6.45, 7) is 3.17. The molecule has 6 heteroatoms. The van der Waals surface area contributed by atoms with Gasteiger partial charge in [0.1, 0.15) is 17.9 Å². The molecular weight excluding hydrogens is 344 g/mol. The van der Waals surface area contributed by atoms with Crippen molar-refractivity contribution in [3.05, 3.63) is 65.7 Å². The summed E-state index contributed by atoms with van der Waals surface area (Å²) in [5.74, 6) is 0.179. The molecule has 0 aromatic heterocycles. The molecule has 1 aliphatic heterocycles. The van der Waals surface area contributed by atoms with Crippen LogP contribution in [-0.2, 0) is 9.53 Å². The number of amides is 2. The molecule has 1 fully saturated rings. The molecule has 2 amide bonds. The molecule has 27 heavy (non-hydrogen) atoms. The van der Waals surface area contributed by atoms with E-state index >= 15 is 0 Å². The summed E-state index contributed by atoms with van der Waals surface area (Å²) >= 11 is 0. The lowest BCUT2D eigenvalue weighted by molar-refractivity contribution is -0.140. The summed E-state index contributed by atoms with van der Waals surface area (Å²) in [5.41, 5.74) is 1.50. The lowest BCUT2D eigenvalue weighted by Gasteiger charge is -2.34. The number of nitrogens with zero attached hydrogens (tertiary/aromatic N) is 1. The minimum absolute atomic E-state index is 0.115. The zero-order valence-electron chi connectivity index (χ0n) is 15.6. The second-order valence-electron chi connectivity index (χ2n) is 6.48. The standard InChI is InChI=1S/C21H24N2O4/c1-15(22-20(24)17-9-6-10-18(13-17)26-2)21(25)23-11-12-27-19(14-23)16-7-4-3-5-8-16/h3-10,13,15,19H,11-12,14H2,1-2H3,(H,22,24)/t15-,19?/m0/s1. The zero-order valence-corrected chi connectivity index (χ0v) is 15.6. The van der Waals surface area contributed by atoms with Crippen molar-refractivity contribution in [2.75, 3.05) is 26.8 Å². The van der Waals surface area contributed by atoms with E-state index in [2.05, 4.69) is 5.32 Å². The highest BCUT2D eigenvalue weighted by atomic mass is 16.5. The average Bonchev–Trinajstić information content (AvgIpc) is 2.73. The van der Waals surface area contributed by atoms with Gasteiger partial charge in [0.05, 0.1) is 20.3 Å². The largest absolute Gasteiger partial charge is 0.497 e. The summed E-state index contributed by atoms with van der Waals surface area (Å²) in [5, 5.41) is 2.77. The molecule has 1 aliphatic rings. The summed E-state index contributed by atoms with van der Waals surface area (Å²) in [7, 11) is 1.55. The summed E-state index contributed by atoms with van der Waals surface area (Å²) in [6, 6.07) is 16.1. The number of hydrogen-bond acceptors (Lipinski definition) is 4. The molecule has 1 unspecified atom stereocenters. The number of benzene rings is 2. The predicted molar refractivity (Wildman–Crippen MR) is 102 cm³/mol. The van der Waals surface area contributed by atoms with E-state index in [4.69, 9.17) is 9.47 Å². The number of methoxy groups -OCH3 is 1. The quantitative estimate of drug-likeness (QED) is 0.880. The monoisotopic (exact) mass is 368 g/mol. The highest BCUT2D eigenvalue weighted by Crippen LogP contribution is 2.22. The van der Waals surface area contributed by atoms with Crippen molar-refractivity contribution in [2.24, 2.45) is 0 Å². The first-order valence-corrected chi connectivity index (χ1v) is 8.98. The Hall–Kier alpha value is -2.86. The Kier molecular flexibility index (Phi) is 6.08. The van der Waals surface area contributed by atoms with Gasteiger partial charge in [0, 0.05) is 12.1 Å². The number of morpholine rings is 1. The van der Waals surface area contributed by atoms with Crippen LogP contribution in [0.3, 0.4) is 0 Å². The van der Waals surface area contributed by atoms with Crippen LogP contribution in [0, 0.1) is 0 Å². The van der Waals surface area contributed by atoms with Gasteiger partial charge in [-0.05, 0) is 30.7 Å². The Morgan fingerprint density at radius 3 is 2.70 bits per heavy atom. The van der Waals surface area contributed by atoms with E-state index < -0.39 is 6.04 Å². The van der Waals surface area contributed by atoms with Crippen LogP contribution in [0.25, 0.3) is 0 Å². The van der Waals surface area contributed by atoms with Gasteiger partial charge >= 0.3 is 0 Å². The van der Waals surface area contributed by atoms with Crippen molar-refractivity contribution in [2.45, 2.75) is 19.1 Å². The van der Waals surface area contributed by atoms with Crippen molar-refractivity contribution in [1.29, 1.82) is 0 Å². The fourth-order valence-corrected chi connectivity index (χ4v) is 3.10. The highest BCUT2D eigenvalue weighted by Gasteiger charge is 2.29. The molecule has 0 aliphatic carbocycles. The molecule has 0 bridgehead atoms. The summed E-state index contributed by atoms with van der Waals surface area (Å²) < 4.78 is 10.9. The molecule has 1 heterocycles. The van der Waals surface area contributed by atoms with Crippen LogP contribution in [0.1, 0.15) is 28.9 Å². The topological polar surface area (TPSA) is 67.9 Å². The zero-order chi connectivity index (χ0) is 19.2. The number of carbonyl (C=O) groups is 2. The van der Waals surface area contributed by atoms with Gasteiger partial charge in [-0.2, -0.15) is 0 Å². The Bertz CT molecular complexity index is 794. The number of ether oxygens (including phenoxy) is 2. The number of rotatable bonds is 5. The van der Waals surface area contributed by atoms with E-state index in [1.54, 1.807) is 43.2 Å². The lowest BCUT2D eigenvalue weighted by Crippen LogP contribution is -2.51. The maximum Gasteiger partial charge on any atom is 0.252 e. The Morgan fingerprint density at radius 1 is 1.19 bits per heavy atom. The molecular formula is C21H24N2O4. The maximum atomic E-state index is 12.8. The van der Waals surface area contributed by atoms with Crippen LogP contribution in [0.5, 0.6) is 5.75 Å². The van der Waals surface area contributed by atoms with Crippen molar-refractivity contribution in [3.63, 3.8) is 0 Å². The summed E-state index contributed by atoms with van der Waals surface area (Å²) in [4.78, 5) is 27.0. The van der Waals surface area contributed by atoms with E-state index in [9.17, 15) is 9.59 Å². The van der Waals surface area contributed by atoms with Crippen LogP contribution in [0.4, 0.5) is 0 Å². The molecule has 142 valence electrons. The fourth-order valence-electron chi connectivity index (χ4n) is 3.10. The Balaban J connectivity index is 1.61. The minimum Gasteiger partial charge on any atom is -0.497 e. The second kappa shape index (κ2) is 8.68. The molecule has 0 radical (unpaired) electrons. The normalized spacial score (nSPS) is 17.9. The molecule has 2 aromatic carbocycles. The smallest absolute Gasteiger partial charge is 0.252 e. The van der Waals surface area contributed by atoms with Crippen molar-refractivity contribution in [1.82, 2.24) is 10.2 Å². The van der Waals surface area contributed by atoms with E-state index in [0.717, 1.165) is 5.56 Å². The van der Waals surface area contributed by atoms with E-state index in [0.29, 0.717) is 31.0 Å². The highest BCUT2D eigenvalue weighted by molar-refractivity contribution is 5.97. The SMILES string of the molecule is COc1cccc(C(=O)N[C@@H](C)C(=O)N2CCOC(c3ccccc3)C2)c1. The average molecular weight is 368 g/mol. The van der Waals surface area contributed by atoms with Gasteiger partial charge in [-0.25, -0.2) is 0 Å². The van der Waals surface area contributed by atoms with Crippen LogP contribution in [0.15, 0.2) is 54.6 Å². The van der Waals surface area contributed by atoms with E-state index in [1.165, 1.54) is 0 Å². The molecule has 2 aromatic rings. The van der Waals surface area contributed by atoms with Gasteiger partial charge < -0.3 is 19.7 Å². The minimum atomic E-state index is -0.627. The third-order valence-electron chi connectivity index (χ3n) is 4.60. The van der Waals surface area contributed by atoms with Gasteiger partial charge in [-0.15, -0.1) is 0 Å². The third-order valence-corrected chi connectivity index (χ3v) is 4.60. The van der Waals surface area contributed by atoms with E-state index in [1.807, 2.05) is 30.3 Å². The van der Waals surface area contributed by atoms with Gasteiger partial charge in [0.25, 0.3) is 5.91 Å². The Labute approximate surface area is 159 Å². The fraction of sp³-hybridized carbons (Fsp3) is 0.333. The predicted octanol–water partition coefficient (Wildman–Crippen LogP) is 2.41. The molecule has 3 rings (SSSR count). The van der Waals surface area contributed by atoms with Gasteiger partial charge in [-0.3, -0.25) is 9.59 Å². The molecule has 1 N–H and O–H groups in total. The molecule has 6 nitrogen and oxygen atoms in total. The first-order valence-electron chi connectivity index (χ1n) is 8.98. The van der Waals surface area contributed by atoms with Crippen LogP contribution < -0.4 is 10.1 Å². The van der Waals surface area contributed by atoms with Gasteiger partial charge in [0.2, 0.25) is 5.91 Å². The lowest BCUT2D eigenvalue weighted by atomic mass is 10.1.